The fourth-order valence-corrected chi connectivity index (χ4v) is 2.28. The van der Waals surface area contributed by atoms with Crippen molar-refractivity contribution in [2.24, 2.45) is 12.0 Å². The predicted molar refractivity (Wildman–Crippen MR) is 88.4 cm³/mol. The summed E-state index contributed by atoms with van der Waals surface area (Å²) in [5.74, 6) is 0.859. The summed E-state index contributed by atoms with van der Waals surface area (Å²) in [6, 6.07) is 2.48. The van der Waals surface area contributed by atoms with Gasteiger partial charge in [-0.05, 0) is 33.0 Å². The number of nitrogens with zero attached hydrogens (tertiary/aromatic N) is 4. The average molecular weight is 294 g/mol. The number of hydrogen-bond donors (Lipinski definition) is 2. The van der Waals surface area contributed by atoms with Crippen LogP contribution < -0.4 is 10.6 Å². The molecule has 6 heteroatoms. The third kappa shape index (κ3) is 5.75. The molecule has 2 N–H and O–H groups in total. The summed E-state index contributed by atoms with van der Waals surface area (Å²) in [6.45, 7) is 13.2. The van der Waals surface area contributed by atoms with E-state index in [0.29, 0.717) is 12.6 Å². The van der Waals surface area contributed by atoms with E-state index in [1.54, 1.807) is 6.20 Å². The number of aryl methyl sites for hydroxylation is 1. The fraction of sp³-hybridized carbons (Fsp3) is 0.733. The van der Waals surface area contributed by atoms with Gasteiger partial charge in [-0.25, -0.2) is 4.99 Å². The number of likely N-dealkylation sites (N-methyl/N-ethyl adjacent to an activating group) is 1. The Hall–Kier alpha value is -1.56. The highest BCUT2D eigenvalue weighted by Crippen LogP contribution is 1.99. The van der Waals surface area contributed by atoms with Crippen molar-refractivity contribution in [3.63, 3.8) is 0 Å². The van der Waals surface area contributed by atoms with Crippen LogP contribution in [0.5, 0.6) is 0 Å². The minimum atomic E-state index is 0.487. The van der Waals surface area contributed by atoms with E-state index >= 15 is 0 Å². The van der Waals surface area contributed by atoms with Gasteiger partial charge in [0.25, 0.3) is 0 Å². The van der Waals surface area contributed by atoms with E-state index in [1.807, 2.05) is 17.8 Å². The molecule has 0 fully saturated rings. The summed E-state index contributed by atoms with van der Waals surface area (Å²) in [5.41, 5.74) is 1.10. The Kier molecular flexibility index (Phi) is 7.82. The highest BCUT2D eigenvalue weighted by molar-refractivity contribution is 5.79. The van der Waals surface area contributed by atoms with Gasteiger partial charge in [0.05, 0.1) is 12.2 Å². The molecule has 0 radical (unpaired) electrons. The SMILES string of the molecule is CCNC(=NCc1ccnn1C)NCC(C)N(CC)CC. The Morgan fingerprint density at radius 3 is 2.57 bits per heavy atom. The van der Waals surface area contributed by atoms with Crippen LogP contribution in [0, 0.1) is 0 Å². The number of rotatable bonds is 8. The highest BCUT2D eigenvalue weighted by atomic mass is 15.3. The van der Waals surface area contributed by atoms with Gasteiger partial charge in [0.1, 0.15) is 0 Å². The van der Waals surface area contributed by atoms with E-state index in [-0.39, 0.29) is 0 Å². The zero-order valence-electron chi connectivity index (χ0n) is 14.1. The van der Waals surface area contributed by atoms with Crippen LogP contribution in [-0.4, -0.2) is 52.9 Å². The minimum absolute atomic E-state index is 0.487. The molecule has 21 heavy (non-hydrogen) atoms. The lowest BCUT2D eigenvalue weighted by Crippen LogP contribution is -2.46. The zero-order valence-corrected chi connectivity index (χ0v) is 14.1. The first-order chi connectivity index (χ1) is 10.1. The molecule has 0 aliphatic rings. The van der Waals surface area contributed by atoms with Crippen molar-refractivity contribution < 1.29 is 0 Å². The van der Waals surface area contributed by atoms with Gasteiger partial charge in [-0.15, -0.1) is 0 Å². The Morgan fingerprint density at radius 1 is 1.33 bits per heavy atom. The van der Waals surface area contributed by atoms with Gasteiger partial charge in [-0.3, -0.25) is 9.58 Å². The second kappa shape index (κ2) is 9.39. The molecule has 0 bridgehead atoms. The molecule has 0 saturated carbocycles. The molecule has 0 spiro atoms. The molecule has 0 aliphatic carbocycles. The van der Waals surface area contributed by atoms with Crippen molar-refractivity contribution in [1.82, 2.24) is 25.3 Å². The Balaban J connectivity index is 2.55. The fourth-order valence-electron chi connectivity index (χ4n) is 2.28. The van der Waals surface area contributed by atoms with Gasteiger partial charge in [0.15, 0.2) is 5.96 Å². The van der Waals surface area contributed by atoms with E-state index in [9.17, 15) is 0 Å². The number of nitrogens with one attached hydrogen (secondary N) is 2. The van der Waals surface area contributed by atoms with Crippen molar-refractivity contribution in [2.75, 3.05) is 26.2 Å². The number of aliphatic imine (C=N–C) groups is 1. The van der Waals surface area contributed by atoms with Crippen molar-refractivity contribution in [2.45, 2.75) is 40.3 Å². The third-order valence-electron chi connectivity index (χ3n) is 3.67. The molecule has 0 aliphatic heterocycles. The summed E-state index contributed by atoms with van der Waals surface area (Å²) in [4.78, 5) is 7.04. The molecule has 0 saturated heterocycles. The quantitative estimate of drug-likeness (QED) is 0.559. The van der Waals surface area contributed by atoms with E-state index < -0.39 is 0 Å². The normalized spacial score (nSPS) is 13.5. The molecule has 1 heterocycles. The first kappa shape index (κ1) is 17.5. The number of hydrogen-bond acceptors (Lipinski definition) is 3. The van der Waals surface area contributed by atoms with E-state index in [4.69, 9.17) is 0 Å². The summed E-state index contributed by atoms with van der Waals surface area (Å²) < 4.78 is 1.85. The van der Waals surface area contributed by atoms with Crippen LogP contribution in [0.2, 0.25) is 0 Å². The van der Waals surface area contributed by atoms with Gasteiger partial charge in [0.2, 0.25) is 0 Å². The molecule has 1 aromatic rings. The average Bonchev–Trinajstić information content (AvgIpc) is 2.88. The molecule has 6 nitrogen and oxygen atoms in total. The van der Waals surface area contributed by atoms with Crippen LogP contribution in [0.25, 0.3) is 0 Å². The second-order valence-electron chi connectivity index (χ2n) is 5.09. The standard InChI is InChI=1S/C15H30N6/c1-6-16-15(17-11-13(4)21(7-2)8-3)18-12-14-9-10-19-20(14)5/h9-10,13H,6-8,11-12H2,1-5H3,(H2,16,17,18). The van der Waals surface area contributed by atoms with Crippen LogP contribution in [-0.2, 0) is 13.6 Å². The zero-order chi connectivity index (χ0) is 15.7. The highest BCUT2D eigenvalue weighted by Gasteiger charge is 2.10. The van der Waals surface area contributed by atoms with Gasteiger partial charge < -0.3 is 10.6 Å². The summed E-state index contributed by atoms with van der Waals surface area (Å²) >= 11 is 0. The topological polar surface area (TPSA) is 57.5 Å². The largest absolute Gasteiger partial charge is 0.357 e. The van der Waals surface area contributed by atoms with Gasteiger partial charge >= 0.3 is 0 Å². The van der Waals surface area contributed by atoms with Crippen LogP contribution in [0.1, 0.15) is 33.4 Å². The lowest BCUT2D eigenvalue weighted by Gasteiger charge is -2.27. The minimum Gasteiger partial charge on any atom is -0.357 e. The van der Waals surface area contributed by atoms with Gasteiger partial charge in [-0.1, -0.05) is 13.8 Å². The smallest absolute Gasteiger partial charge is 0.191 e. The summed E-state index contributed by atoms with van der Waals surface area (Å²) in [6.07, 6.45) is 1.80. The van der Waals surface area contributed by atoms with Crippen LogP contribution >= 0.6 is 0 Å². The first-order valence-corrected chi connectivity index (χ1v) is 7.85. The molecule has 1 atom stereocenters. The molecular formula is C15H30N6. The molecule has 0 amide bonds. The number of aromatic nitrogens is 2. The molecular weight excluding hydrogens is 264 g/mol. The maximum atomic E-state index is 4.61. The molecule has 0 aromatic carbocycles. The number of guanidine groups is 1. The lowest BCUT2D eigenvalue weighted by atomic mass is 10.3. The Bertz CT molecular complexity index is 422. The lowest BCUT2D eigenvalue weighted by molar-refractivity contribution is 0.231. The summed E-state index contributed by atoms with van der Waals surface area (Å²) in [7, 11) is 1.94. The summed E-state index contributed by atoms with van der Waals surface area (Å²) in [5, 5.41) is 10.9. The van der Waals surface area contributed by atoms with Crippen molar-refractivity contribution in [1.29, 1.82) is 0 Å². The predicted octanol–water partition coefficient (Wildman–Crippen LogP) is 1.21. The van der Waals surface area contributed by atoms with Gasteiger partial charge in [0, 0.05) is 32.4 Å². The van der Waals surface area contributed by atoms with Crippen LogP contribution in [0.4, 0.5) is 0 Å². The van der Waals surface area contributed by atoms with Gasteiger partial charge in [-0.2, -0.15) is 5.10 Å². The molecule has 1 unspecified atom stereocenters. The first-order valence-electron chi connectivity index (χ1n) is 7.85. The maximum Gasteiger partial charge on any atom is 0.191 e. The van der Waals surface area contributed by atoms with E-state index in [1.165, 1.54) is 0 Å². The molecule has 1 aromatic heterocycles. The van der Waals surface area contributed by atoms with Crippen LogP contribution in [0.3, 0.4) is 0 Å². The Labute approximate surface area is 128 Å². The Morgan fingerprint density at radius 2 is 2.05 bits per heavy atom. The van der Waals surface area contributed by atoms with E-state index in [2.05, 4.69) is 53.3 Å². The molecule has 1 rings (SSSR count). The third-order valence-corrected chi connectivity index (χ3v) is 3.67. The maximum absolute atomic E-state index is 4.61. The van der Waals surface area contributed by atoms with E-state index in [0.717, 1.165) is 37.8 Å². The van der Waals surface area contributed by atoms with Crippen molar-refractivity contribution in [3.8, 4) is 0 Å². The van der Waals surface area contributed by atoms with Crippen LogP contribution in [0.15, 0.2) is 17.3 Å². The van der Waals surface area contributed by atoms with Crippen molar-refractivity contribution in [3.05, 3.63) is 18.0 Å². The second-order valence-corrected chi connectivity index (χ2v) is 5.09. The monoisotopic (exact) mass is 294 g/mol. The molecule has 120 valence electrons. The van der Waals surface area contributed by atoms with Crippen molar-refractivity contribution >= 4 is 5.96 Å².